The Morgan fingerprint density at radius 2 is 2.31 bits per heavy atom. The van der Waals surface area contributed by atoms with Crippen LogP contribution in [0.25, 0.3) is 0 Å². The smallest absolute Gasteiger partial charge is 0.232 e. The van der Waals surface area contributed by atoms with E-state index in [4.69, 9.17) is 0 Å². The van der Waals surface area contributed by atoms with E-state index in [2.05, 4.69) is 26.1 Å². The van der Waals surface area contributed by atoms with E-state index < -0.39 is 0 Å². The molecule has 1 aliphatic rings. The van der Waals surface area contributed by atoms with Crippen LogP contribution in [-0.2, 0) is 4.79 Å². The van der Waals surface area contributed by atoms with Gasteiger partial charge in [-0.3, -0.25) is 4.79 Å². The monoisotopic (exact) mass is 244 g/mol. The molecule has 4 heteroatoms. The lowest BCUT2D eigenvalue weighted by Crippen LogP contribution is -2.51. The lowest BCUT2D eigenvalue weighted by molar-refractivity contribution is -0.129. The molecular weight excluding hydrogens is 220 g/mol. The van der Waals surface area contributed by atoms with Crippen LogP contribution >= 0.6 is 11.8 Å². The largest absolute Gasteiger partial charge is 0.339 e. The van der Waals surface area contributed by atoms with Crippen LogP contribution in [0.3, 0.4) is 0 Å². The van der Waals surface area contributed by atoms with Crippen molar-refractivity contribution in [3.05, 3.63) is 0 Å². The second kappa shape index (κ2) is 7.17. The Kier molecular flexibility index (Phi) is 6.21. The van der Waals surface area contributed by atoms with Gasteiger partial charge in [0.1, 0.15) is 0 Å². The van der Waals surface area contributed by atoms with E-state index in [0.717, 1.165) is 31.3 Å². The first-order valence-electron chi connectivity index (χ1n) is 6.18. The summed E-state index contributed by atoms with van der Waals surface area (Å²) in [4.78, 5) is 13.9. The van der Waals surface area contributed by atoms with Crippen molar-refractivity contribution in [2.75, 3.05) is 31.1 Å². The number of nitrogens with one attached hydrogen (secondary N) is 1. The van der Waals surface area contributed by atoms with Gasteiger partial charge < -0.3 is 10.2 Å². The van der Waals surface area contributed by atoms with Crippen molar-refractivity contribution in [3.8, 4) is 0 Å². The third-order valence-electron chi connectivity index (χ3n) is 2.79. The van der Waals surface area contributed by atoms with E-state index in [9.17, 15) is 4.79 Å². The summed E-state index contributed by atoms with van der Waals surface area (Å²) in [5.74, 6) is 2.80. The Morgan fingerprint density at radius 1 is 1.56 bits per heavy atom. The molecule has 1 atom stereocenters. The van der Waals surface area contributed by atoms with Gasteiger partial charge in [-0.05, 0) is 25.0 Å². The predicted octanol–water partition coefficient (Wildman–Crippen LogP) is 1.59. The van der Waals surface area contributed by atoms with E-state index in [0.29, 0.717) is 17.7 Å². The topological polar surface area (TPSA) is 32.3 Å². The summed E-state index contributed by atoms with van der Waals surface area (Å²) < 4.78 is 0. The first-order valence-corrected chi connectivity index (χ1v) is 7.34. The highest BCUT2D eigenvalue weighted by molar-refractivity contribution is 7.99. The van der Waals surface area contributed by atoms with Crippen molar-refractivity contribution >= 4 is 17.7 Å². The fraction of sp³-hybridized carbons (Fsp3) is 0.917. The van der Waals surface area contributed by atoms with Crippen molar-refractivity contribution in [1.29, 1.82) is 0 Å². The second-order valence-electron chi connectivity index (χ2n) is 4.93. The van der Waals surface area contributed by atoms with Crippen molar-refractivity contribution in [1.82, 2.24) is 10.2 Å². The van der Waals surface area contributed by atoms with Gasteiger partial charge in [0.05, 0.1) is 5.75 Å². The van der Waals surface area contributed by atoms with Gasteiger partial charge in [-0.25, -0.2) is 0 Å². The quantitative estimate of drug-likeness (QED) is 0.745. The molecule has 3 nitrogen and oxygen atoms in total. The van der Waals surface area contributed by atoms with E-state index in [-0.39, 0.29) is 0 Å². The molecule has 16 heavy (non-hydrogen) atoms. The number of piperazine rings is 1. The Bertz CT molecular complexity index is 221. The van der Waals surface area contributed by atoms with Crippen LogP contribution in [0.1, 0.15) is 27.2 Å². The first-order chi connectivity index (χ1) is 7.59. The van der Waals surface area contributed by atoms with Crippen molar-refractivity contribution in [2.45, 2.75) is 33.2 Å². The Hall–Kier alpha value is -0.220. The Labute approximate surface area is 103 Å². The molecule has 1 rings (SSSR count). The molecule has 0 bridgehead atoms. The molecule has 1 aliphatic heterocycles. The maximum atomic E-state index is 11.9. The summed E-state index contributed by atoms with van der Waals surface area (Å²) in [5, 5.41) is 3.35. The number of carbonyl (C=O) groups excluding carboxylic acids is 1. The zero-order chi connectivity index (χ0) is 12.0. The third kappa shape index (κ3) is 5.21. The Morgan fingerprint density at radius 3 is 2.94 bits per heavy atom. The molecule has 1 amide bonds. The summed E-state index contributed by atoms with van der Waals surface area (Å²) >= 11 is 1.77. The molecule has 0 aromatic heterocycles. The van der Waals surface area contributed by atoms with Gasteiger partial charge >= 0.3 is 0 Å². The minimum absolute atomic E-state index is 0.308. The molecule has 1 heterocycles. The molecule has 0 radical (unpaired) electrons. The van der Waals surface area contributed by atoms with E-state index >= 15 is 0 Å². The van der Waals surface area contributed by atoms with Gasteiger partial charge in [0.25, 0.3) is 0 Å². The number of thioether (sulfide) groups is 1. The number of carbonyl (C=O) groups is 1. The summed E-state index contributed by atoms with van der Waals surface area (Å²) in [7, 11) is 0. The summed E-state index contributed by atoms with van der Waals surface area (Å²) in [5.41, 5.74) is 0. The molecule has 1 fully saturated rings. The highest BCUT2D eigenvalue weighted by Crippen LogP contribution is 2.10. The third-order valence-corrected chi connectivity index (χ3v) is 3.76. The average Bonchev–Trinajstić information content (AvgIpc) is 2.24. The highest BCUT2D eigenvalue weighted by atomic mass is 32.2. The van der Waals surface area contributed by atoms with Crippen LogP contribution in [0, 0.1) is 5.92 Å². The van der Waals surface area contributed by atoms with Crippen LogP contribution in [-0.4, -0.2) is 48.0 Å². The SMILES string of the molecule is CC(C)CCSCC(=O)N1CCNC(C)C1. The summed E-state index contributed by atoms with van der Waals surface area (Å²) in [6.45, 7) is 9.24. The Balaban J connectivity index is 2.14. The highest BCUT2D eigenvalue weighted by Gasteiger charge is 2.19. The zero-order valence-corrected chi connectivity index (χ0v) is 11.5. The molecule has 94 valence electrons. The van der Waals surface area contributed by atoms with Gasteiger partial charge in [0.15, 0.2) is 0 Å². The maximum absolute atomic E-state index is 11.9. The molecule has 0 aliphatic carbocycles. The second-order valence-corrected chi connectivity index (χ2v) is 6.04. The molecule has 0 saturated carbocycles. The number of hydrogen-bond acceptors (Lipinski definition) is 3. The number of amides is 1. The molecule has 1 unspecified atom stereocenters. The van der Waals surface area contributed by atoms with Crippen LogP contribution in [0.5, 0.6) is 0 Å². The first kappa shape index (κ1) is 13.8. The standard InChI is InChI=1S/C12H24N2OS/c1-10(2)4-7-16-9-12(15)14-6-5-13-11(3)8-14/h10-11,13H,4-9H2,1-3H3. The van der Waals surface area contributed by atoms with Crippen molar-refractivity contribution < 1.29 is 4.79 Å². The summed E-state index contributed by atoms with van der Waals surface area (Å²) in [6.07, 6.45) is 1.20. The average molecular weight is 244 g/mol. The van der Waals surface area contributed by atoms with E-state index in [1.165, 1.54) is 6.42 Å². The fourth-order valence-corrected chi connectivity index (χ4v) is 2.87. The maximum Gasteiger partial charge on any atom is 0.232 e. The number of nitrogens with zero attached hydrogens (tertiary/aromatic N) is 1. The normalized spacial score (nSPS) is 21.5. The van der Waals surface area contributed by atoms with Crippen LogP contribution in [0.15, 0.2) is 0 Å². The van der Waals surface area contributed by atoms with Crippen molar-refractivity contribution in [2.24, 2.45) is 5.92 Å². The minimum atomic E-state index is 0.308. The van der Waals surface area contributed by atoms with Crippen molar-refractivity contribution in [3.63, 3.8) is 0 Å². The molecule has 0 aromatic rings. The molecule has 1 saturated heterocycles. The zero-order valence-electron chi connectivity index (χ0n) is 10.7. The van der Waals surface area contributed by atoms with Gasteiger partial charge in [-0.15, -0.1) is 0 Å². The van der Waals surface area contributed by atoms with Crippen LogP contribution in [0.2, 0.25) is 0 Å². The van der Waals surface area contributed by atoms with Gasteiger partial charge in [0.2, 0.25) is 5.91 Å². The molecule has 0 spiro atoms. The van der Waals surface area contributed by atoms with E-state index in [1.807, 2.05) is 4.90 Å². The number of hydrogen-bond donors (Lipinski definition) is 1. The number of rotatable bonds is 5. The molecular formula is C12H24N2OS. The van der Waals surface area contributed by atoms with E-state index in [1.54, 1.807) is 11.8 Å². The van der Waals surface area contributed by atoms with Gasteiger partial charge in [-0.2, -0.15) is 11.8 Å². The summed E-state index contributed by atoms with van der Waals surface area (Å²) in [6, 6.07) is 0.443. The lowest BCUT2D eigenvalue weighted by atomic mass is 10.2. The van der Waals surface area contributed by atoms with Crippen LogP contribution in [0.4, 0.5) is 0 Å². The molecule has 0 aromatic carbocycles. The minimum Gasteiger partial charge on any atom is -0.339 e. The predicted molar refractivity (Wildman–Crippen MR) is 70.8 cm³/mol. The fourth-order valence-electron chi connectivity index (χ4n) is 1.73. The lowest BCUT2D eigenvalue weighted by Gasteiger charge is -2.31. The van der Waals surface area contributed by atoms with Gasteiger partial charge in [-0.1, -0.05) is 13.8 Å². The van der Waals surface area contributed by atoms with Crippen LogP contribution < -0.4 is 5.32 Å². The molecule has 1 N–H and O–H groups in total. The van der Waals surface area contributed by atoms with Gasteiger partial charge in [0, 0.05) is 25.7 Å².